The van der Waals surface area contributed by atoms with Crippen molar-refractivity contribution in [2.75, 3.05) is 26.2 Å². The van der Waals surface area contributed by atoms with Gasteiger partial charge in [-0.15, -0.1) is 12.4 Å². The molecule has 2 aromatic carbocycles. The number of nitrogens with one attached hydrogen (secondary N) is 1. The van der Waals surface area contributed by atoms with Crippen LogP contribution in [-0.2, 0) is 6.61 Å². The first-order valence-corrected chi connectivity index (χ1v) is 8.08. The van der Waals surface area contributed by atoms with E-state index in [1.165, 1.54) is 0 Å². The van der Waals surface area contributed by atoms with Gasteiger partial charge in [0, 0.05) is 31.2 Å². The molecule has 0 saturated carbocycles. The molecular formula is C18H20Cl2N2O2. The Morgan fingerprint density at radius 2 is 1.75 bits per heavy atom. The summed E-state index contributed by atoms with van der Waals surface area (Å²) in [5.41, 5.74) is 1.63. The Bertz CT molecular complexity index is 671. The molecule has 0 aliphatic carbocycles. The van der Waals surface area contributed by atoms with Gasteiger partial charge in [0.05, 0.1) is 5.56 Å². The van der Waals surface area contributed by atoms with Crippen LogP contribution in [0.2, 0.25) is 5.02 Å². The zero-order valence-corrected chi connectivity index (χ0v) is 14.8. The maximum Gasteiger partial charge on any atom is 0.257 e. The molecule has 1 fully saturated rings. The summed E-state index contributed by atoms with van der Waals surface area (Å²) in [6, 6.07) is 14.9. The topological polar surface area (TPSA) is 41.6 Å². The molecule has 1 heterocycles. The molecule has 4 nitrogen and oxygen atoms in total. The maximum absolute atomic E-state index is 12.7. The van der Waals surface area contributed by atoms with Crippen LogP contribution in [0.4, 0.5) is 0 Å². The molecule has 6 heteroatoms. The number of piperazine rings is 1. The van der Waals surface area contributed by atoms with Crippen LogP contribution >= 0.6 is 24.0 Å². The molecule has 0 radical (unpaired) electrons. The van der Waals surface area contributed by atoms with Crippen molar-refractivity contribution in [2.24, 2.45) is 0 Å². The highest BCUT2D eigenvalue weighted by Gasteiger charge is 2.20. The lowest BCUT2D eigenvalue weighted by Crippen LogP contribution is -2.46. The predicted octanol–water partition coefficient (Wildman–Crippen LogP) is 3.39. The molecule has 0 atom stereocenters. The summed E-state index contributed by atoms with van der Waals surface area (Å²) >= 11 is 5.89. The number of hydrogen-bond donors (Lipinski definition) is 1. The van der Waals surface area contributed by atoms with Gasteiger partial charge in [-0.25, -0.2) is 0 Å². The summed E-state index contributed by atoms with van der Waals surface area (Å²) in [6.07, 6.45) is 0. The van der Waals surface area contributed by atoms with Gasteiger partial charge in [0.25, 0.3) is 5.91 Å². The number of nitrogens with zero attached hydrogens (tertiary/aromatic N) is 1. The minimum atomic E-state index is 0. The second-order valence-corrected chi connectivity index (χ2v) is 5.89. The van der Waals surface area contributed by atoms with Gasteiger partial charge in [-0.05, 0) is 29.8 Å². The zero-order valence-electron chi connectivity index (χ0n) is 13.2. The third-order valence-corrected chi connectivity index (χ3v) is 4.08. The van der Waals surface area contributed by atoms with Crippen LogP contribution in [0.5, 0.6) is 5.75 Å². The van der Waals surface area contributed by atoms with Crippen molar-refractivity contribution in [2.45, 2.75) is 6.61 Å². The summed E-state index contributed by atoms with van der Waals surface area (Å²) in [5, 5.41) is 3.95. The first kappa shape index (κ1) is 18.6. The van der Waals surface area contributed by atoms with E-state index in [1.54, 1.807) is 0 Å². The molecule has 1 amide bonds. The Morgan fingerprint density at radius 1 is 1.08 bits per heavy atom. The Hall–Kier alpha value is -1.75. The van der Waals surface area contributed by atoms with E-state index in [2.05, 4.69) is 5.32 Å². The standard InChI is InChI=1S/C18H19ClN2O2.ClH/c19-15-7-5-14(6-8-15)13-23-17-4-2-1-3-16(17)18(22)21-11-9-20-10-12-21;/h1-8,20H,9-13H2;1H. The van der Waals surface area contributed by atoms with Gasteiger partial charge in [0.1, 0.15) is 12.4 Å². The molecule has 0 aromatic heterocycles. The normalized spacial score (nSPS) is 14.0. The largest absolute Gasteiger partial charge is 0.488 e. The summed E-state index contributed by atoms with van der Waals surface area (Å²) < 4.78 is 5.87. The highest BCUT2D eigenvalue weighted by Crippen LogP contribution is 2.22. The maximum atomic E-state index is 12.7. The third-order valence-electron chi connectivity index (χ3n) is 3.83. The van der Waals surface area contributed by atoms with Crippen LogP contribution < -0.4 is 10.1 Å². The average molecular weight is 367 g/mol. The van der Waals surface area contributed by atoms with Crippen LogP contribution in [0.1, 0.15) is 15.9 Å². The second-order valence-electron chi connectivity index (χ2n) is 5.45. The van der Waals surface area contributed by atoms with E-state index in [0.717, 1.165) is 31.7 Å². The number of rotatable bonds is 4. The SMILES string of the molecule is Cl.O=C(c1ccccc1OCc1ccc(Cl)cc1)N1CCNCC1. The van der Waals surface area contributed by atoms with Crippen LogP contribution in [-0.4, -0.2) is 37.0 Å². The molecule has 0 bridgehead atoms. The molecule has 3 rings (SSSR count). The van der Waals surface area contributed by atoms with E-state index >= 15 is 0 Å². The van der Waals surface area contributed by atoms with Crippen LogP contribution in [0, 0.1) is 0 Å². The van der Waals surface area contributed by atoms with E-state index in [0.29, 0.717) is 22.9 Å². The van der Waals surface area contributed by atoms with Gasteiger partial charge in [-0.2, -0.15) is 0 Å². The Morgan fingerprint density at radius 3 is 2.46 bits per heavy atom. The fraction of sp³-hybridized carbons (Fsp3) is 0.278. The Labute approximate surface area is 153 Å². The molecule has 1 aliphatic heterocycles. The van der Waals surface area contributed by atoms with E-state index in [-0.39, 0.29) is 18.3 Å². The zero-order chi connectivity index (χ0) is 16.1. The monoisotopic (exact) mass is 366 g/mol. The third kappa shape index (κ3) is 4.63. The van der Waals surface area contributed by atoms with Gasteiger partial charge in [0.15, 0.2) is 0 Å². The fourth-order valence-electron chi connectivity index (χ4n) is 2.55. The van der Waals surface area contributed by atoms with Crippen molar-refractivity contribution in [3.05, 3.63) is 64.7 Å². The minimum Gasteiger partial charge on any atom is -0.488 e. The Balaban J connectivity index is 0.00000208. The van der Waals surface area contributed by atoms with Crippen molar-refractivity contribution < 1.29 is 9.53 Å². The van der Waals surface area contributed by atoms with Crippen molar-refractivity contribution >= 4 is 29.9 Å². The number of amides is 1. The number of para-hydroxylation sites is 1. The van der Waals surface area contributed by atoms with E-state index in [1.807, 2.05) is 53.4 Å². The molecule has 1 saturated heterocycles. The van der Waals surface area contributed by atoms with Crippen LogP contribution in [0.25, 0.3) is 0 Å². The van der Waals surface area contributed by atoms with Gasteiger partial charge in [-0.1, -0.05) is 35.9 Å². The predicted molar refractivity (Wildman–Crippen MR) is 98.2 cm³/mol. The molecule has 1 aliphatic rings. The lowest BCUT2D eigenvalue weighted by Gasteiger charge is -2.28. The minimum absolute atomic E-state index is 0. The molecule has 0 spiro atoms. The van der Waals surface area contributed by atoms with Gasteiger partial charge >= 0.3 is 0 Å². The summed E-state index contributed by atoms with van der Waals surface area (Å²) in [6.45, 7) is 3.52. The quantitative estimate of drug-likeness (QED) is 0.901. The number of ether oxygens (including phenoxy) is 1. The lowest BCUT2D eigenvalue weighted by atomic mass is 10.1. The highest BCUT2D eigenvalue weighted by molar-refractivity contribution is 6.30. The van der Waals surface area contributed by atoms with Gasteiger partial charge in [0.2, 0.25) is 0 Å². The molecule has 2 aromatic rings. The summed E-state index contributed by atoms with van der Waals surface area (Å²) in [7, 11) is 0. The molecular weight excluding hydrogens is 347 g/mol. The number of halogens is 2. The van der Waals surface area contributed by atoms with Crippen molar-refractivity contribution in [3.63, 3.8) is 0 Å². The van der Waals surface area contributed by atoms with E-state index in [9.17, 15) is 4.79 Å². The molecule has 0 unspecified atom stereocenters. The van der Waals surface area contributed by atoms with Crippen LogP contribution in [0.3, 0.4) is 0 Å². The van der Waals surface area contributed by atoms with Crippen molar-refractivity contribution in [1.29, 1.82) is 0 Å². The average Bonchev–Trinajstić information content (AvgIpc) is 2.62. The van der Waals surface area contributed by atoms with Crippen LogP contribution in [0.15, 0.2) is 48.5 Å². The van der Waals surface area contributed by atoms with Crippen molar-refractivity contribution in [3.8, 4) is 5.75 Å². The highest BCUT2D eigenvalue weighted by atomic mass is 35.5. The fourth-order valence-corrected chi connectivity index (χ4v) is 2.68. The lowest BCUT2D eigenvalue weighted by molar-refractivity contribution is 0.0731. The van der Waals surface area contributed by atoms with Gasteiger partial charge in [-0.3, -0.25) is 4.79 Å². The first-order valence-electron chi connectivity index (χ1n) is 7.70. The number of hydrogen-bond acceptors (Lipinski definition) is 3. The Kier molecular flexibility index (Phi) is 6.91. The number of carbonyl (C=O) groups excluding carboxylic acids is 1. The smallest absolute Gasteiger partial charge is 0.257 e. The van der Waals surface area contributed by atoms with E-state index < -0.39 is 0 Å². The molecule has 1 N–H and O–H groups in total. The first-order chi connectivity index (χ1) is 11.2. The second kappa shape index (κ2) is 8.92. The summed E-state index contributed by atoms with van der Waals surface area (Å²) in [5.74, 6) is 0.643. The van der Waals surface area contributed by atoms with Gasteiger partial charge < -0.3 is 15.0 Å². The van der Waals surface area contributed by atoms with Crippen molar-refractivity contribution in [1.82, 2.24) is 10.2 Å². The molecule has 24 heavy (non-hydrogen) atoms. The number of carbonyl (C=O) groups is 1. The molecule has 128 valence electrons. The number of benzene rings is 2. The summed E-state index contributed by atoms with van der Waals surface area (Å²) in [4.78, 5) is 14.5. The van der Waals surface area contributed by atoms with E-state index in [4.69, 9.17) is 16.3 Å².